The van der Waals surface area contributed by atoms with Crippen LogP contribution in [-0.2, 0) is 4.79 Å². The lowest BCUT2D eigenvalue weighted by Crippen LogP contribution is -1.86. The molecule has 0 fully saturated rings. The second-order valence-electron chi connectivity index (χ2n) is 3.40. The summed E-state index contributed by atoms with van der Waals surface area (Å²) >= 11 is 0. The van der Waals surface area contributed by atoms with Crippen molar-refractivity contribution in [2.75, 3.05) is 0 Å². The molecule has 0 atom stereocenters. The Morgan fingerprint density at radius 2 is 1.93 bits per heavy atom. The van der Waals surface area contributed by atoms with Crippen LogP contribution in [0.1, 0.15) is 19.4 Å². The zero-order valence-corrected chi connectivity index (χ0v) is 9.19. The zero-order chi connectivity index (χ0) is 11.8. The molecule has 2 N–H and O–H groups in total. The molecule has 0 heterocycles. The van der Waals surface area contributed by atoms with Crippen molar-refractivity contribution in [1.29, 1.82) is 0 Å². The molecule has 82 valence electrons. The first-order chi connectivity index (χ1) is 6.91. The van der Waals surface area contributed by atoms with E-state index >= 15 is 0 Å². The van der Waals surface area contributed by atoms with E-state index in [2.05, 4.69) is 0 Å². The Kier molecular flexibility index (Phi) is 5.86. The quantitative estimate of drug-likeness (QED) is 0.698. The molecule has 1 aromatic rings. The van der Waals surface area contributed by atoms with Gasteiger partial charge in [0.2, 0.25) is 0 Å². The minimum Gasteiger partial charge on any atom is -0.508 e. The fraction of sp³-hybridized carbons (Fsp3) is 0.250. The second kappa shape index (κ2) is 6.65. The van der Waals surface area contributed by atoms with Gasteiger partial charge in [0, 0.05) is 6.08 Å². The van der Waals surface area contributed by atoms with Crippen LogP contribution in [-0.4, -0.2) is 16.2 Å². The standard InChI is InChI=1S/C7H8O.C5H8O2/c1-6-3-2-4-7(8)5-6;1-4(2)3-5(6)7/h2-5,8H,1H3;3H,1-2H3,(H,6,7). The Morgan fingerprint density at radius 1 is 1.33 bits per heavy atom. The largest absolute Gasteiger partial charge is 0.508 e. The van der Waals surface area contributed by atoms with Crippen molar-refractivity contribution in [3.8, 4) is 5.75 Å². The molecule has 15 heavy (non-hydrogen) atoms. The molecular weight excluding hydrogens is 192 g/mol. The van der Waals surface area contributed by atoms with E-state index in [9.17, 15) is 4.79 Å². The van der Waals surface area contributed by atoms with Gasteiger partial charge in [0.25, 0.3) is 0 Å². The lowest BCUT2D eigenvalue weighted by molar-refractivity contribution is -0.131. The molecule has 0 amide bonds. The minimum atomic E-state index is -0.875. The highest BCUT2D eigenvalue weighted by Gasteiger charge is 1.84. The topological polar surface area (TPSA) is 57.5 Å². The van der Waals surface area contributed by atoms with Gasteiger partial charge in [-0.1, -0.05) is 17.7 Å². The van der Waals surface area contributed by atoms with Crippen molar-refractivity contribution in [3.63, 3.8) is 0 Å². The third-order valence-electron chi connectivity index (χ3n) is 1.41. The summed E-state index contributed by atoms with van der Waals surface area (Å²) in [4.78, 5) is 9.73. The number of benzene rings is 1. The van der Waals surface area contributed by atoms with Crippen molar-refractivity contribution in [1.82, 2.24) is 0 Å². The van der Waals surface area contributed by atoms with Crippen LogP contribution in [0.2, 0.25) is 0 Å². The number of aromatic hydroxyl groups is 1. The molecule has 3 heteroatoms. The summed E-state index contributed by atoms with van der Waals surface area (Å²) < 4.78 is 0. The normalized spacial score (nSPS) is 8.47. The van der Waals surface area contributed by atoms with E-state index in [1.807, 2.05) is 19.1 Å². The Morgan fingerprint density at radius 3 is 2.13 bits per heavy atom. The van der Waals surface area contributed by atoms with Crippen molar-refractivity contribution < 1.29 is 15.0 Å². The Balaban J connectivity index is 0.000000265. The van der Waals surface area contributed by atoms with Crippen LogP contribution in [0, 0.1) is 6.92 Å². The fourth-order valence-electron chi connectivity index (χ4n) is 0.875. The molecule has 3 nitrogen and oxygen atoms in total. The van der Waals surface area contributed by atoms with E-state index in [-0.39, 0.29) is 0 Å². The van der Waals surface area contributed by atoms with Crippen molar-refractivity contribution in [2.24, 2.45) is 0 Å². The van der Waals surface area contributed by atoms with E-state index in [4.69, 9.17) is 10.2 Å². The SMILES string of the molecule is CC(C)=CC(=O)O.Cc1cccc(O)c1. The maximum Gasteiger partial charge on any atom is 0.328 e. The number of carbonyl (C=O) groups is 1. The van der Waals surface area contributed by atoms with Crippen molar-refractivity contribution >= 4 is 5.97 Å². The summed E-state index contributed by atoms with van der Waals surface area (Å²) in [5, 5.41) is 16.8. The van der Waals surface area contributed by atoms with Crippen molar-refractivity contribution in [3.05, 3.63) is 41.5 Å². The lowest BCUT2D eigenvalue weighted by Gasteiger charge is -1.89. The Hall–Kier alpha value is -1.77. The van der Waals surface area contributed by atoms with Gasteiger partial charge in [0.15, 0.2) is 0 Å². The van der Waals surface area contributed by atoms with Gasteiger partial charge in [-0.25, -0.2) is 4.79 Å². The first-order valence-corrected chi connectivity index (χ1v) is 4.55. The first-order valence-electron chi connectivity index (χ1n) is 4.55. The fourth-order valence-corrected chi connectivity index (χ4v) is 0.875. The highest BCUT2D eigenvalue weighted by molar-refractivity contribution is 5.80. The predicted octanol–water partition coefficient (Wildman–Crippen LogP) is 2.74. The maximum absolute atomic E-state index is 9.73. The highest BCUT2D eigenvalue weighted by atomic mass is 16.4. The molecule has 0 saturated heterocycles. The number of hydrogen-bond acceptors (Lipinski definition) is 2. The van der Waals surface area contributed by atoms with Crippen LogP contribution >= 0.6 is 0 Å². The predicted molar refractivity (Wildman–Crippen MR) is 59.9 cm³/mol. The van der Waals surface area contributed by atoms with Gasteiger partial charge in [-0.3, -0.25) is 0 Å². The molecule has 1 aromatic carbocycles. The van der Waals surface area contributed by atoms with Gasteiger partial charge in [0.05, 0.1) is 0 Å². The van der Waals surface area contributed by atoms with Crippen LogP contribution in [0.5, 0.6) is 5.75 Å². The number of carboxylic acids is 1. The maximum atomic E-state index is 9.73. The number of hydrogen-bond donors (Lipinski definition) is 2. The smallest absolute Gasteiger partial charge is 0.328 e. The number of aryl methyl sites for hydroxylation is 1. The van der Waals surface area contributed by atoms with E-state index in [1.165, 1.54) is 6.08 Å². The van der Waals surface area contributed by atoms with E-state index in [0.717, 1.165) is 11.1 Å². The van der Waals surface area contributed by atoms with Gasteiger partial charge in [0.1, 0.15) is 5.75 Å². The Bertz CT molecular complexity index is 332. The average Bonchev–Trinajstić information content (AvgIpc) is 2.01. The lowest BCUT2D eigenvalue weighted by atomic mass is 10.2. The summed E-state index contributed by atoms with van der Waals surface area (Å²) in [7, 11) is 0. The van der Waals surface area contributed by atoms with E-state index < -0.39 is 5.97 Å². The van der Waals surface area contributed by atoms with Crippen LogP contribution < -0.4 is 0 Å². The first kappa shape index (κ1) is 13.2. The number of phenolic OH excluding ortho intramolecular Hbond substituents is 1. The summed E-state index contributed by atoms with van der Waals surface area (Å²) in [5.74, 6) is -0.537. The molecule has 0 aliphatic carbocycles. The monoisotopic (exact) mass is 208 g/mol. The zero-order valence-electron chi connectivity index (χ0n) is 9.19. The Labute approximate surface area is 89.7 Å². The molecule has 0 aromatic heterocycles. The van der Waals surface area contributed by atoms with Gasteiger partial charge in [-0.05, 0) is 38.5 Å². The average molecular weight is 208 g/mol. The molecule has 0 unspecified atom stereocenters. The molecule has 0 aliphatic rings. The number of rotatable bonds is 1. The molecule has 0 aliphatic heterocycles. The third kappa shape index (κ3) is 8.56. The number of allylic oxidation sites excluding steroid dienone is 1. The van der Waals surface area contributed by atoms with Gasteiger partial charge in [-0.2, -0.15) is 0 Å². The third-order valence-corrected chi connectivity index (χ3v) is 1.41. The van der Waals surface area contributed by atoms with Crippen LogP contribution in [0.15, 0.2) is 35.9 Å². The summed E-state index contributed by atoms with van der Waals surface area (Å²) in [6.45, 7) is 5.43. The van der Waals surface area contributed by atoms with E-state index in [1.54, 1.807) is 26.0 Å². The molecule has 0 spiro atoms. The molecule has 0 radical (unpaired) electrons. The highest BCUT2D eigenvalue weighted by Crippen LogP contribution is 2.08. The van der Waals surface area contributed by atoms with E-state index in [0.29, 0.717) is 5.75 Å². The summed E-state index contributed by atoms with van der Waals surface area (Å²) in [5.41, 5.74) is 1.90. The molecule has 1 rings (SSSR count). The van der Waals surface area contributed by atoms with Crippen LogP contribution in [0.4, 0.5) is 0 Å². The molecular formula is C12H16O3. The van der Waals surface area contributed by atoms with Crippen LogP contribution in [0.3, 0.4) is 0 Å². The van der Waals surface area contributed by atoms with Crippen molar-refractivity contribution in [2.45, 2.75) is 20.8 Å². The minimum absolute atomic E-state index is 0.338. The molecule has 0 saturated carbocycles. The summed E-state index contributed by atoms with van der Waals surface area (Å²) in [6, 6.07) is 7.15. The van der Waals surface area contributed by atoms with Crippen LogP contribution in [0.25, 0.3) is 0 Å². The van der Waals surface area contributed by atoms with Gasteiger partial charge in [-0.15, -0.1) is 0 Å². The van der Waals surface area contributed by atoms with Gasteiger partial charge >= 0.3 is 5.97 Å². The second-order valence-corrected chi connectivity index (χ2v) is 3.40. The molecule has 0 bridgehead atoms. The number of phenols is 1. The van der Waals surface area contributed by atoms with Gasteiger partial charge < -0.3 is 10.2 Å². The number of carboxylic acid groups (broad SMARTS) is 1. The summed E-state index contributed by atoms with van der Waals surface area (Å²) in [6.07, 6.45) is 1.17. The number of aliphatic carboxylic acids is 1.